The maximum Gasteiger partial charge on any atom is 0.407 e. The van der Waals surface area contributed by atoms with Crippen molar-refractivity contribution >= 4 is 23.7 Å². The van der Waals surface area contributed by atoms with Gasteiger partial charge in [-0.1, -0.05) is 23.7 Å². The zero-order valence-electron chi connectivity index (χ0n) is 18.8. The minimum absolute atomic E-state index is 0.0203. The molecule has 2 atom stereocenters. The number of nitrogens with one attached hydrogen (secondary N) is 1. The van der Waals surface area contributed by atoms with Crippen molar-refractivity contribution in [2.45, 2.75) is 88.8 Å². The largest absolute Gasteiger partial charge is 0.465 e. The number of carboxylic acid groups (broad SMARTS) is 1. The Balaban J connectivity index is 1.64. The van der Waals surface area contributed by atoms with Gasteiger partial charge in [0.1, 0.15) is 5.60 Å². The fraction of sp³-hybridized carbons (Fsp3) is 0.667. The van der Waals surface area contributed by atoms with Crippen molar-refractivity contribution in [3.8, 4) is 0 Å². The molecule has 0 aliphatic carbocycles. The summed E-state index contributed by atoms with van der Waals surface area (Å²) in [5.41, 5.74) is 0.787. The lowest BCUT2D eigenvalue weighted by Gasteiger charge is -2.39. The van der Waals surface area contributed by atoms with E-state index in [2.05, 4.69) is 17.4 Å². The predicted octanol–water partition coefficient (Wildman–Crippen LogP) is 5.20. The second kappa shape index (κ2) is 9.78. The van der Waals surface area contributed by atoms with Crippen LogP contribution in [0.15, 0.2) is 24.3 Å². The van der Waals surface area contributed by atoms with E-state index in [0.29, 0.717) is 30.6 Å². The number of hydrogen-bond acceptors (Lipinski definition) is 4. The van der Waals surface area contributed by atoms with Crippen LogP contribution < -0.4 is 5.32 Å². The van der Waals surface area contributed by atoms with Crippen LogP contribution in [-0.2, 0) is 9.53 Å². The Labute approximate surface area is 190 Å². The molecule has 1 aromatic rings. The van der Waals surface area contributed by atoms with Crippen molar-refractivity contribution in [3.05, 3.63) is 34.9 Å². The molecule has 31 heavy (non-hydrogen) atoms. The Morgan fingerprint density at radius 2 is 1.87 bits per heavy atom. The highest BCUT2D eigenvalue weighted by molar-refractivity contribution is 6.30. The number of piperidine rings is 1. The molecule has 2 unspecified atom stereocenters. The third kappa shape index (κ3) is 6.59. The van der Waals surface area contributed by atoms with Crippen LogP contribution in [0.2, 0.25) is 5.02 Å². The summed E-state index contributed by atoms with van der Waals surface area (Å²) in [5.74, 6) is 0.121. The zero-order chi connectivity index (χ0) is 22.6. The number of carbonyl (C=O) groups is 2. The molecule has 2 fully saturated rings. The van der Waals surface area contributed by atoms with Gasteiger partial charge < -0.3 is 20.1 Å². The van der Waals surface area contributed by atoms with Crippen LogP contribution in [-0.4, -0.2) is 52.3 Å². The fourth-order valence-corrected chi connectivity index (χ4v) is 5.09. The number of esters is 1. The molecule has 1 amide bonds. The minimum atomic E-state index is -0.828. The molecule has 0 bridgehead atoms. The molecule has 2 saturated heterocycles. The molecule has 2 heterocycles. The third-order valence-corrected chi connectivity index (χ3v) is 6.77. The van der Waals surface area contributed by atoms with Gasteiger partial charge >= 0.3 is 12.1 Å². The van der Waals surface area contributed by atoms with Gasteiger partial charge in [0.2, 0.25) is 0 Å². The zero-order valence-corrected chi connectivity index (χ0v) is 19.6. The summed E-state index contributed by atoms with van der Waals surface area (Å²) < 4.78 is 5.46. The standard InChI is InChI=1S/C24H35ClN2O4/c1-23(2,3)31-21(28)6-4-5-19(17-7-9-18(25)10-8-17)20-11-12-24(26-20)13-15-27(16-14-24)22(29)30/h7-10,19-20,26H,4-6,11-16H2,1-3H3,(H,29,30). The van der Waals surface area contributed by atoms with Gasteiger partial charge in [0, 0.05) is 36.1 Å². The highest BCUT2D eigenvalue weighted by atomic mass is 35.5. The van der Waals surface area contributed by atoms with Crippen molar-refractivity contribution in [1.29, 1.82) is 0 Å². The van der Waals surface area contributed by atoms with Crippen molar-refractivity contribution in [2.24, 2.45) is 0 Å². The van der Waals surface area contributed by atoms with Crippen LogP contribution >= 0.6 is 11.6 Å². The number of carbonyl (C=O) groups excluding carboxylic acids is 1. The van der Waals surface area contributed by atoms with Gasteiger partial charge in [0.15, 0.2) is 0 Å². The van der Waals surface area contributed by atoms with Gasteiger partial charge in [-0.15, -0.1) is 0 Å². The first kappa shape index (κ1) is 23.9. The second-order valence-electron chi connectivity index (χ2n) is 9.98. The normalized spacial score (nSPS) is 21.8. The molecule has 172 valence electrons. The average molecular weight is 451 g/mol. The van der Waals surface area contributed by atoms with Crippen LogP contribution in [0.3, 0.4) is 0 Å². The summed E-state index contributed by atoms with van der Waals surface area (Å²) in [4.78, 5) is 24.9. The Hall–Kier alpha value is -1.79. The number of benzene rings is 1. The summed E-state index contributed by atoms with van der Waals surface area (Å²) in [6.07, 6.45) is 5.03. The van der Waals surface area contributed by atoms with Gasteiger partial charge in [-0.05, 0) is 82.9 Å². The first-order valence-corrected chi connectivity index (χ1v) is 11.7. The van der Waals surface area contributed by atoms with Crippen molar-refractivity contribution in [3.63, 3.8) is 0 Å². The van der Waals surface area contributed by atoms with E-state index in [4.69, 9.17) is 16.3 Å². The van der Waals surface area contributed by atoms with Gasteiger partial charge in [-0.3, -0.25) is 4.79 Å². The van der Waals surface area contributed by atoms with E-state index in [1.807, 2.05) is 32.9 Å². The molecule has 1 spiro atoms. The first-order valence-electron chi connectivity index (χ1n) is 11.3. The molecular formula is C24H35ClN2O4. The number of nitrogens with zero attached hydrogens (tertiary/aromatic N) is 1. The van der Waals surface area contributed by atoms with Crippen LogP contribution in [0, 0.1) is 0 Å². The first-order chi connectivity index (χ1) is 14.6. The van der Waals surface area contributed by atoms with E-state index in [9.17, 15) is 14.7 Å². The molecular weight excluding hydrogens is 416 g/mol. The van der Waals surface area contributed by atoms with E-state index in [-0.39, 0.29) is 17.4 Å². The summed E-state index contributed by atoms with van der Waals surface area (Å²) >= 11 is 6.11. The molecule has 7 heteroatoms. The number of rotatable bonds is 6. The van der Waals surface area contributed by atoms with E-state index in [1.165, 1.54) is 10.5 Å². The fourth-order valence-electron chi connectivity index (χ4n) is 4.96. The lowest BCUT2D eigenvalue weighted by Crippen LogP contribution is -2.53. The number of hydrogen-bond donors (Lipinski definition) is 2. The van der Waals surface area contributed by atoms with Crippen molar-refractivity contribution in [2.75, 3.05) is 13.1 Å². The smallest absolute Gasteiger partial charge is 0.407 e. The summed E-state index contributed by atoms with van der Waals surface area (Å²) in [6, 6.07) is 8.32. The van der Waals surface area contributed by atoms with Crippen LogP contribution in [0.5, 0.6) is 0 Å². The van der Waals surface area contributed by atoms with Crippen molar-refractivity contribution in [1.82, 2.24) is 10.2 Å². The van der Waals surface area contributed by atoms with Gasteiger partial charge in [0.05, 0.1) is 0 Å². The topological polar surface area (TPSA) is 78.9 Å². The summed E-state index contributed by atoms with van der Waals surface area (Å²) in [6.45, 7) is 6.83. The Bertz CT molecular complexity index is 767. The Morgan fingerprint density at radius 1 is 1.23 bits per heavy atom. The lowest BCUT2D eigenvalue weighted by atomic mass is 9.85. The summed E-state index contributed by atoms with van der Waals surface area (Å²) in [7, 11) is 0. The lowest BCUT2D eigenvalue weighted by molar-refractivity contribution is -0.154. The van der Waals surface area contributed by atoms with E-state index in [0.717, 1.165) is 38.5 Å². The van der Waals surface area contributed by atoms with E-state index < -0.39 is 11.7 Å². The molecule has 0 saturated carbocycles. The molecule has 0 radical (unpaired) electrons. The van der Waals surface area contributed by atoms with Gasteiger partial charge in [-0.2, -0.15) is 0 Å². The second-order valence-corrected chi connectivity index (χ2v) is 10.4. The maximum absolute atomic E-state index is 12.2. The van der Waals surface area contributed by atoms with Crippen molar-refractivity contribution < 1.29 is 19.4 Å². The molecule has 2 aliphatic rings. The van der Waals surface area contributed by atoms with E-state index in [1.54, 1.807) is 0 Å². The molecule has 0 aromatic heterocycles. The van der Waals surface area contributed by atoms with Crippen LogP contribution in [0.25, 0.3) is 0 Å². The van der Waals surface area contributed by atoms with Gasteiger partial charge in [-0.25, -0.2) is 4.79 Å². The number of halogens is 1. The molecule has 1 aromatic carbocycles. The highest BCUT2D eigenvalue weighted by Crippen LogP contribution is 2.40. The van der Waals surface area contributed by atoms with Crippen LogP contribution in [0.1, 0.15) is 77.2 Å². The Kier molecular flexibility index (Phi) is 7.53. The summed E-state index contributed by atoms with van der Waals surface area (Å²) in [5, 5.41) is 13.9. The van der Waals surface area contributed by atoms with Crippen LogP contribution in [0.4, 0.5) is 4.79 Å². The minimum Gasteiger partial charge on any atom is -0.465 e. The molecule has 3 rings (SSSR count). The molecule has 6 nitrogen and oxygen atoms in total. The highest BCUT2D eigenvalue weighted by Gasteiger charge is 2.43. The predicted molar refractivity (Wildman–Crippen MR) is 122 cm³/mol. The third-order valence-electron chi connectivity index (χ3n) is 6.52. The number of ether oxygens (including phenoxy) is 1. The number of amides is 1. The monoisotopic (exact) mass is 450 g/mol. The maximum atomic E-state index is 12.2. The molecule has 2 N–H and O–H groups in total. The average Bonchev–Trinajstić information content (AvgIpc) is 3.08. The van der Waals surface area contributed by atoms with Gasteiger partial charge in [0.25, 0.3) is 0 Å². The number of likely N-dealkylation sites (tertiary alicyclic amines) is 1. The van der Waals surface area contributed by atoms with E-state index >= 15 is 0 Å². The Morgan fingerprint density at radius 3 is 2.45 bits per heavy atom. The molecule has 2 aliphatic heterocycles. The SMILES string of the molecule is CC(C)(C)OC(=O)CCCC(c1ccc(Cl)cc1)C1CCC2(CCN(C(=O)O)CC2)N1. The quantitative estimate of drug-likeness (QED) is 0.582.